The maximum absolute atomic E-state index is 5.70. The summed E-state index contributed by atoms with van der Waals surface area (Å²) in [6.07, 6.45) is 2.03. The molecule has 0 saturated heterocycles. The largest absolute Gasteiger partial charge is 0.271 e. The van der Waals surface area contributed by atoms with Crippen LogP contribution in [-0.4, -0.2) is 11.8 Å². The molecule has 112 valence electrons. The van der Waals surface area contributed by atoms with Gasteiger partial charge in [-0.3, -0.25) is 11.3 Å². The molecule has 0 fully saturated rings. The van der Waals surface area contributed by atoms with Crippen LogP contribution in [0.5, 0.6) is 0 Å². The predicted octanol–water partition coefficient (Wildman–Crippen LogP) is 4.18. The molecule has 2 aromatic carbocycles. The fourth-order valence-electron chi connectivity index (χ4n) is 2.12. The van der Waals surface area contributed by atoms with Crippen molar-refractivity contribution < 1.29 is 0 Å². The Balaban J connectivity index is 1.90. The molecular formula is C17H21BrN2S. The highest BCUT2D eigenvalue weighted by Gasteiger charge is 2.09. The Morgan fingerprint density at radius 3 is 2.48 bits per heavy atom. The zero-order valence-electron chi connectivity index (χ0n) is 12.2. The van der Waals surface area contributed by atoms with Crippen molar-refractivity contribution in [3.63, 3.8) is 0 Å². The molecule has 2 nitrogen and oxygen atoms in total. The average Bonchev–Trinajstić information content (AvgIpc) is 2.52. The van der Waals surface area contributed by atoms with Crippen molar-refractivity contribution >= 4 is 27.7 Å². The molecule has 2 rings (SSSR count). The van der Waals surface area contributed by atoms with Gasteiger partial charge in [0.05, 0.1) is 0 Å². The van der Waals surface area contributed by atoms with Crippen LogP contribution in [0.1, 0.15) is 18.1 Å². The molecule has 4 heteroatoms. The van der Waals surface area contributed by atoms with E-state index in [-0.39, 0.29) is 6.04 Å². The van der Waals surface area contributed by atoms with Gasteiger partial charge in [-0.2, -0.15) is 0 Å². The summed E-state index contributed by atoms with van der Waals surface area (Å²) in [7, 11) is 0. The number of thioether (sulfide) groups is 1. The fourth-order valence-corrected chi connectivity index (χ4v) is 3.66. The molecule has 21 heavy (non-hydrogen) atoms. The second-order valence-corrected chi connectivity index (χ2v) is 7.02. The minimum Gasteiger partial charge on any atom is -0.271 e. The summed E-state index contributed by atoms with van der Waals surface area (Å²) in [5.74, 6) is 6.65. The van der Waals surface area contributed by atoms with Crippen LogP contribution in [0.3, 0.4) is 0 Å². The van der Waals surface area contributed by atoms with Gasteiger partial charge >= 0.3 is 0 Å². The summed E-state index contributed by atoms with van der Waals surface area (Å²) in [6.45, 7) is 2.17. The number of nitrogens with one attached hydrogen (secondary N) is 1. The Labute approximate surface area is 139 Å². The molecule has 0 saturated carbocycles. The summed E-state index contributed by atoms with van der Waals surface area (Å²) in [5.41, 5.74) is 5.63. The zero-order chi connectivity index (χ0) is 15.1. The lowest BCUT2D eigenvalue weighted by Crippen LogP contribution is -2.38. The number of aryl methyl sites for hydroxylation is 1. The first-order valence-electron chi connectivity index (χ1n) is 7.13. The minimum absolute atomic E-state index is 0.265. The van der Waals surface area contributed by atoms with Gasteiger partial charge in [0, 0.05) is 21.2 Å². The molecule has 0 aliphatic heterocycles. The van der Waals surface area contributed by atoms with E-state index in [0.717, 1.165) is 23.1 Å². The van der Waals surface area contributed by atoms with Gasteiger partial charge in [0.2, 0.25) is 0 Å². The SMILES string of the molecule is CCc1ccc(CC(CSc2cccc(Br)c2)NN)cc1. The predicted molar refractivity (Wildman–Crippen MR) is 95.5 cm³/mol. The van der Waals surface area contributed by atoms with Crippen LogP contribution in [0, 0.1) is 0 Å². The Morgan fingerprint density at radius 1 is 1.14 bits per heavy atom. The van der Waals surface area contributed by atoms with Crippen LogP contribution in [0.4, 0.5) is 0 Å². The van der Waals surface area contributed by atoms with E-state index in [9.17, 15) is 0 Å². The standard InChI is InChI=1S/C17H21BrN2S/c1-2-13-6-8-14(9-7-13)10-16(20-19)12-21-17-5-3-4-15(18)11-17/h3-9,11,16,20H,2,10,12,19H2,1H3. The van der Waals surface area contributed by atoms with E-state index in [1.807, 2.05) is 17.8 Å². The van der Waals surface area contributed by atoms with E-state index in [1.165, 1.54) is 16.0 Å². The Hall–Kier alpha value is -0.810. The molecule has 2 aromatic rings. The van der Waals surface area contributed by atoms with E-state index in [2.05, 4.69) is 70.7 Å². The van der Waals surface area contributed by atoms with Gasteiger partial charge in [-0.05, 0) is 42.2 Å². The van der Waals surface area contributed by atoms with Gasteiger partial charge in [0.15, 0.2) is 0 Å². The summed E-state index contributed by atoms with van der Waals surface area (Å²) >= 11 is 5.32. The summed E-state index contributed by atoms with van der Waals surface area (Å²) in [5, 5.41) is 0. The molecule has 0 radical (unpaired) electrons. The number of rotatable bonds is 7. The number of benzene rings is 2. The van der Waals surface area contributed by atoms with Crippen LogP contribution in [0.2, 0.25) is 0 Å². The first kappa shape index (κ1) is 16.6. The van der Waals surface area contributed by atoms with Gasteiger partial charge in [-0.1, -0.05) is 53.2 Å². The highest BCUT2D eigenvalue weighted by atomic mass is 79.9. The lowest BCUT2D eigenvalue weighted by Gasteiger charge is -2.16. The maximum Gasteiger partial charge on any atom is 0.0344 e. The monoisotopic (exact) mass is 364 g/mol. The zero-order valence-corrected chi connectivity index (χ0v) is 14.6. The molecule has 0 spiro atoms. The van der Waals surface area contributed by atoms with Crippen LogP contribution in [0.15, 0.2) is 57.9 Å². The summed E-state index contributed by atoms with van der Waals surface area (Å²) < 4.78 is 1.11. The third kappa shape index (κ3) is 5.47. The second kappa shape index (κ2) is 8.59. The van der Waals surface area contributed by atoms with Crippen LogP contribution in [-0.2, 0) is 12.8 Å². The summed E-state index contributed by atoms with van der Waals surface area (Å²) in [6, 6.07) is 17.4. The van der Waals surface area contributed by atoms with Crippen LogP contribution >= 0.6 is 27.7 Å². The number of hydrogen-bond donors (Lipinski definition) is 2. The van der Waals surface area contributed by atoms with Gasteiger partial charge in [-0.15, -0.1) is 11.8 Å². The minimum atomic E-state index is 0.265. The Morgan fingerprint density at radius 2 is 1.86 bits per heavy atom. The molecule has 0 aliphatic carbocycles. The molecule has 0 amide bonds. The fraction of sp³-hybridized carbons (Fsp3) is 0.294. The Kier molecular flexibility index (Phi) is 6.77. The van der Waals surface area contributed by atoms with Gasteiger partial charge in [0.25, 0.3) is 0 Å². The molecule has 3 N–H and O–H groups in total. The van der Waals surface area contributed by atoms with E-state index < -0.39 is 0 Å². The quantitative estimate of drug-likeness (QED) is 0.439. The molecule has 0 aliphatic rings. The summed E-state index contributed by atoms with van der Waals surface area (Å²) in [4.78, 5) is 1.26. The maximum atomic E-state index is 5.70. The van der Waals surface area contributed by atoms with Crippen molar-refractivity contribution in [2.24, 2.45) is 5.84 Å². The van der Waals surface area contributed by atoms with Gasteiger partial charge < -0.3 is 0 Å². The number of halogens is 1. The third-order valence-corrected chi connectivity index (χ3v) is 5.05. The number of hydrazine groups is 1. The first-order chi connectivity index (χ1) is 10.2. The van der Waals surface area contributed by atoms with Crippen molar-refractivity contribution in [1.82, 2.24) is 5.43 Å². The molecule has 1 atom stereocenters. The molecule has 0 aromatic heterocycles. The van der Waals surface area contributed by atoms with Crippen molar-refractivity contribution in [2.45, 2.75) is 30.7 Å². The Bertz CT molecular complexity index is 557. The van der Waals surface area contributed by atoms with Gasteiger partial charge in [-0.25, -0.2) is 0 Å². The van der Waals surface area contributed by atoms with Crippen molar-refractivity contribution in [3.8, 4) is 0 Å². The van der Waals surface area contributed by atoms with Crippen LogP contribution < -0.4 is 11.3 Å². The highest BCUT2D eigenvalue weighted by molar-refractivity contribution is 9.10. The van der Waals surface area contributed by atoms with Crippen molar-refractivity contribution in [1.29, 1.82) is 0 Å². The van der Waals surface area contributed by atoms with Crippen molar-refractivity contribution in [3.05, 3.63) is 64.1 Å². The highest BCUT2D eigenvalue weighted by Crippen LogP contribution is 2.23. The second-order valence-electron chi connectivity index (χ2n) is 5.01. The van der Waals surface area contributed by atoms with E-state index in [0.29, 0.717) is 0 Å². The molecule has 1 unspecified atom stereocenters. The molecule has 0 heterocycles. The van der Waals surface area contributed by atoms with Crippen molar-refractivity contribution in [2.75, 3.05) is 5.75 Å². The number of nitrogens with two attached hydrogens (primary N) is 1. The lowest BCUT2D eigenvalue weighted by atomic mass is 10.0. The smallest absolute Gasteiger partial charge is 0.0344 e. The van der Waals surface area contributed by atoms with Crippen LogP contribution in [0.25, 0.3) is 0 Å². The third-order valence-electron chi connectivity index (χ3n) is 3.40. The topological polar surface area (TPSA) is 38.0 Å². The molecule has 0 bridgehead atoms. The molecular weight excluding hydrogens is 344 g/mol. The normalized spacial score (nSPS) is 12.3. The van der Waals surface area contributed by atoms with E-state index >= 15 is 0 Å². The lowest BCUT2D eigenvalue weighted by molar-refractivity contribution is 0.575. The van der Waals surface area contributed by atoms with E-state index in [1.54, 1.807) is 0 Å². The van der Waals surface area contributed by atoms with E-state index in [4.69, 9.17) is 5.84 Å². The van der Waals surface area contributed by atoms with Gasteiger partial charge in [0.1, 0.15) is 0 Å². The number of hydrogen-bond acceptors (Lipinski definition) is 3. The average molecular weight is 365 g/mol. The first-order valence-corrected chi connectivity index (χ1v) is 8.91.